The van der Waals surface area contributed by atoms with Crippen molar-refractivity contribution in [2.24, 2.45) is 0 Å². The van der Waals surface area contributed by atoms with E-state index in [1.54, 1.807) is 30.7 Å². The van der Waals surface area contributed by atoms with Crippen LogP contribution in [0.25, 0.3) is 33.5 Å². The van der Waals surface area contributed by atoms with Gasteiger partial charge in [-0.05, 0) is 49.6 Å². The van der Waals surface area contributed by atoms with Gasteiger partial charge in [0, 0.05) is 41.4 Å². The van der Waals surface area contributed by atoms with Crippen LogP contribution in [0.4, 0.5) is 4.39 Å². The first-order valence-corrected chi connectivity index (χ1v) is 10.9. The van der Waals surface area contributed by atoms with Crippen LogP contribution < -0.4 is 5.56 Å². The topological polar surface area (TPSA) is 93.0 Å². The van der Waals surface area contributed by atoms with Gasteiger partial charge in [-0.25, -0.2) is 9.37 Å². The van der Waals surface area contributed by atoms with E-state index in [4.69, 9.17) is 9.72 Å². The average molecular weight is 448 g/mol. The molecular formula is C25H25FN4O3. The maximum Gasteiger partial charge on any atom is 0.257 e. The number of hydrogen-bond acceptors (Lipinski definition) is 5. The number of aromatic nitrogens is 4. The quantitative estimate of drug-likeness (QED) is 0.424. The van der Waals surface area contributed by atoms with Gasteiger partial charge in [0.1, 0.15) is 5.82 Å². The van der Waals surface area contributed by atoms with E-state index in [1.165, 1.54) is 13.2 Å². The molecule has 1 aliphatic heterocycles. The smallest absolute Gasteiger partial charge is 0.257 e. The van der Waals surface area contributed by atoms with Crippen molar-refractivity contribution >= 4 is 10.9 Å². The Balaban J connectivity index is 1.88. The lowest BCUT2D eigenvalue weighted by Crippen LogP contribution is -2.31. The molecule has 4 heterocycles. The third kappa shape index (κ3) is 3.20. The highest BCUT2D eigenvalue weighted by molar-refractivity contribution is 5.99. The molecular weight excluding hydrogens is 423 g/mol. The summed E-state index contributed by atoms with van der Waals surface area (Å²) in [5.41, 5.74) is 4.06. The Labute approximate surface area is 189 Å². The van der Waals surface area contributed by atoms with Crippen molar-refractivity contribution in [1.29, 1.82) is 0 Å². The van der Waals surface area contributed by atoms with Crippen LogP contribution in [0.5, 0.6) is 0 Å². The number of ether oxygens (including phenoxy) is 1. The minimum Gasteiger partial charge on any atom is -0.385 e. The molecule has 33 heavy (non-hydrogen) atoms. The summed E-state index contributed by atoms with van der Waals surface area (Å²) in [6, 6.07) is 6.87. The summed E-state index contributed by atoms with van der Waals surface area (Å²) < 4.78 is 21.4. The van der Waals surface area contributed by atoms with Crippen LogP contribution in [0.2, 0.25) is 0 Å². The Kier molecular flexibility index (Phi) is 4.95. The molecule has 1 aliphatic rings. The number of H-pyrrole nitrogens is 1. The van der Waals surface area contributed by atoms with Gasteiger partial charge >= 0.3 is 0 Å². The minimum absolute atomic E-state index is 0.0903. The van der Waals surface area contributed by atoms with Crippen LogP contribution in [0.3, 0.4) is 0 Å². The van der Waals surface area contributed by atoms with Crippen molar-refractivity contribution < 1.29 is 14.2 Å². The van der Waals surface area contributed by atoms with E-state index in [-0.39, 0.29) is 18.0 Å². The zero-order valence-electron chi connectivity index (χ0n) is 19.0. The highest BCUT2D eigenvalue weighted by atomic mass is 19.1. The molecule has 8 heteroatoms. The molecule has 7 nitrogen and oxygen atoms in total. The van der Waals surface area contributed by atoms with Crippen LogP contribution in [-0.2, 0) is 23.5 Å². The molecule has 170 valence electrons. The Bertz CT molecular complexity index is 1460. The Morgan fingerprint density at radius 1 is 1.33 bits per heavy atom. The van der Waals surface area contributed by atoms with Gasteiger partial charge < -0.3 is 14.4 Å². The fourth-order valence-corrected chi connectivity index (χ4v) is 4.65. The third-order valence-corrected chi connectivity index (χ3v) is 6.64. The van der Waals surface area contributed by atoms with Crippen molar-refractivity contribution in [3.8, 4) is 22.6 Å². The maximum absolute atomic E-state index is 14.5. The number of methoxy groups -OCH3 is 1. The van der Waals surface area contributed by atoms with E-state index >= 15 is 0 Å². The number of hydrogen-bond donors (Lipinski definition) is 2. The number of aliphatic hydroxyl groups is 1. The fraction of sp³-hybridized carbons (Fsp3) is 0.320. The monoisotopic (exact) mass is 448 g/mol. The van der Waals surface area contributed by atoms with Gasteiger partial charge in [-0.2, -0.15) is 5.10 Å². The third-order valence-electron chi connectivity index (χ3n) is 6.64. The average Bonchev–Trinajstić information content (AvgIpc) is 3.43. The van der Waals surface area contributed by atoms with Crippen LogP contribution in [0.1, 0.15) is 42.5 Å². The molecule has 4 aromatic rings. The zero-order valence-corrected chi connectivity index (χ0v) is 19.0. The molecule has 0 radical (unpaired) electrons. The number of fused-ring (bicyclic) bond motifs is 4. The maximum atomic E-state index is 14.5. The predicted octanol–water partition coefficient (Wildman–Crippen LogP) is 4.03. The van der Waals surface area contributed by atoms with Crippen LogP contribution in [0.15, 0.2) is 35.3 Å². The number of benzene rings is 1. The summed E-state index contributed by atoms with van der Waals surface area (Å²) in [5.74, 6) is -0.344. The van der Waals surface area contributed by atoms with Gasteiger partial charge in [-0.15, -0.1) is 0 Å². The van der Waals surface area contributed by atoms with Crippen LogP contribution >= 0.6 is 0 Å². The van der Waals surface area contributed by atoms with E-state index < -0.39 is 5.60 Å². The number of rotatable bonds is 5. The van der Waals surface area contributed by atoms with E-state index in [2.05, 4.69) is 10.2 Å². The Morgan fingerprint density at radius 2 is 2.12 bits per heavy atom. The molecule has 0 bridgehead atoms. The summed E-state index contributed by atoms with van der Waals surface area (Å²) in [6.45, 7) is 5.66. The Hall–Kier alpha value is -3.36. The van der Waals surface area contributed by atoms with E-state index in [9.17, 15) is 14.3 Å². The lowest BCUT2D eigenvalue weighted by molar-refractivity contribution is 0.0495. The van der Waals surface area contributed by atoms with Gasteiger partial charge in [0.25, 0.3) is 5.56 Å². The molecule has 5 rings (SSSR count). The molecule has 2 N–H and O–H groups in total. The largest absolute Gasteiger partial charge is 0.385 e. The summed E-state index contributed by atoms with van der Waals surface area (Å²) >= 11 is 0. The lowest BCUT2D eigenvalue weighted by atomic mass is 9.89. The van der Waals surface area contributed by atoms with Crippen LogP contribution in [-0.4, -0.2) is 32.0 Å². The summed E-state index contributed by atoms with van der Waals surface area (Å²) in [5, 5.41) is 19.1. The predicted molar refractivity (Wildman–Crippen MR) is 123 cm³/mol. The number of aryl methyl sites for hydroxylation is 1. The van der Waals surface area contributed by atoms with Gasteiger partial charge in [0.15, 0.2) is 0 Å². The van der Waals surface area contributed by atoms with Crippen LogP contribution in [0, 0.1) is 12.7 Å². The van der Waals surface area contributed by atoms with Gasteiger partial charge in [-0.1, -0.05) is 6.92 Å². The Morgan fingerprint density at radius 3 is 2.79 bits per heavy atom. The van der Waals surface area contributed by atoms with E-state index in [0.29, 0.717) is 52.3 Å². The van der Waals surface area contributed by atoms with Gasteiger partial charge in [0.2, 0.25) is 0 Å². The summed E-state index contributed by atoms with van der Waals surface area (Å²) in [4.78, 5) is 18.3. The zero-order chi connectivity index (χ0) is 23.5. The number of aromatic amines is 1. The second-order valence-electron chi connectivity index (χ2n) is 8.77. The number of pyridine rings is 2. The molecule has 3 aromatic heterocycles. The van der Waals surface area contributed by atoms with Crippen molar-refractivity contribution in [3.05, 3.63) is 68.9 Å². The first kappa shape index (κ1) is 21.5. The molecule has 0 saturated carbocycles. The highest BCUT2D eigenvalue weighted by Crippen LogP contribution is 2.42. The second-order valence-corrected chi connectivity index (χ2v) is 8.77. The SMILES string of the molecule is CC[C@](C)(O)c1cc2n(c(=O)c1COC)Cc1c-2nc2cc(F)c(C)cc2c1-c1cc[nH]n1. The molecule has 1 atom stereocenters. The van der Waals surface area contributed by atoms with Crippen molar-refractivity contribution in [2.45, 2.75) is 45.9 Å². The van der Waals surface area contributed by atoms with Crippen molar-refractivity contribution in [2.75, 3.05) is 7.11 Å². The number of nitrogens with zero attached hydrogens (tertiary/aromatic N) is 3. The highest BCUT2D eigenvalue weighted by Gasteiger charge is 2.33. The second kappa shape index (κ2) is 7.60. The van der Waals surface area contributed by atoms with Crippen molar-refractivity contribution in [3.63, 3.8) is 0 Å². The molecule has 0 saturated heterocycles. The molecule has 0 fully saturated rings. The summed E-state index contributed by atoms with van der Waals surface area (Å²) in [7, 11) is 1.53. The molecule has 1 aromatic carbocycles. The first-order valence-electron chi connectivity index (χ1n) is 10.9. The molecule has 0 unspecified atom stereocenters. The van der Waals surface area contributed by atoms with Crippen molar-refractivity contribution in [1.82, 2.24) is 19.7 Å². The van der Waals surface area contributed by atoms with Gasteiger partial charge in [0.05, 0.1) is 41.4 Å². The molecule has 0 aliphatic carbocycles. The standard InChI is InChI=1S/C25H25FN4O3/c1-5-25(3,32)17-9-21-23-15(11-30(21)24(31)16(17)12-33-4)22(19-6-7-27-29-19)14-8-13(2)18(26)10-20(14)28-23/h6-10,32H,5,11-12H2,1-4H3,(H,27,29)/t25-/m0/s1. The minimum atomic E-state index is -1.21. The summed E-state index contributed by atoms with van der Waals surface area (Å²) in [6.07, 6.45) is 2.15. The first-order chi connectivity index (χ1) is 15.8. The molecule has 0 amide bonds. The van der Waals surface area contributed by atoms with Gasteiger partial charge in [-0.3, -0.25) is 9.89 Å². The van der Waals surface area contributed by atoms with E-state index in [0.717, 1.165) is 16.5 Å². The number of halogens is 1. The fourth-order valence-electron chi connectivity index (χ4n) is 4.65. The number of nitrogens with one attached hydrogen (secondary N) is 1. The van der Waals surface area contributed by atoms with E-state index in [1.807, 2.05) is 19.1 Å². The lowest BCUT2D eigenvalue weighted by Gasteiger charge is -2.25. The molecule has 0 spiro atoms. The normalized spacial score (nSPS) is 14.4.